The van der Waals surface area contributed by atoms with Crippen molar-refractivity contribution in [3.05, 3.63) is 0 Å². The fourth-order valence-electron chi connectivity index (χ4n) is 2.60. The lowest BCUT2D eigenvalue weighted by Crippen LogP contribution is -2.42. The zero-order valence-corrected chi connectivity index (χ0v) is 9.55. The van der Waals surface area contributed by atoms with Gasteiger partial charge in [-0.1, -0.05) is 12.8 Å². The molecule has 1 unspecified atom stereocenters. The van der Waals surface area contributed by atoms with E-state index >= 15 is 0 Å². The van der Waals surface area contributed by atoms with Crippen LogP contribution in [0.25, 0.3) is 0 Å². The summed E-state index contributed by atoms with van der Waals surface area (Å²) in [6, 6.07) is 0.374. The molecule has 0 amide bonds. The highest BCUT2D eigenvalue weighted by Crippen LogP contribution is 2.51. The van der Waals surface area contributed by atoms with Crippen molar-refractivity contribution in [1.29, 1.82) is 0 Å². The molecule has 2 rings (SSSR count). The summed E-state index contributed by atoms with van der Waals surface area (Å²) in [5.74, 6) is 0.0319. The topological polar surface area (TPSA) is 38.3 Å². The standard InChI is InChI=1S/C12H21NO2/c1-2-15-11(14)12(7-8-12)10-6-4-3-5-9-13-10/h10,13H,2-9H2,1H3. The number of carbonyl (C=O) groups excluding carboxylic acids is 1. The summed E-state index contributed by atoms with van der Waals surface area (Å²) in [7, 11) is 0. The van der Waals surface area contributed by atoms with Gasteiger partial charge in [0.05, 0.1) is 12.0 Å². The number of esters is 1. The van der Waals surface area contributed by atoms with Gasteiger partial charge in [0.15, 0.2) is 0 Å². The van der Waals surface area contributed by atoms with E-state index in [1.54, 1.807) is 0 Å². The first kappa shape index (κ1) is 10.9. The summed E-state index contributed by atoms with van der Waals surface area (Å²) < 4.78 is 5.18. The van der Waals surface area contributed by atoms with Crippen molar-refractivity contribution in [2.24, 2.45) is 5.41 Å². The van der Waals surface area contributed by atoms with Crippen LogP contribution in [0.4, 0.5) is 0 Å². The molecule has 3 heteroatoms. The summed E-state index contributed by atoms with van der Waals surface area (Å²) in [6.45, 7) is 3.45. The first-order valence-corrected chi connectivity index (χ1v) is 6.20. The molecule has 0 aromatic carbocycles. The Hall–Kier alpha value is -0.570. The molecule has 2 fully saturated rings. The summed E-state index contributed by atoms with van der Waals surface area (Å²) in [6.07, 6.45) is 6.96. The minimum Gasteiger partial charge on any atom is -0.466 e. The maximum atomic E-state index is 11.9. The third kappa shape index (κ3) is 2.17. The monoisotopic (exact) mass is 211 g/mol. The molecule has 86 valence electrons. The number of nitrogens with one attached hydrogen (secondary N) is 1. The van der Waals surface area contributed by atoms with Gasteiger partial charge in [-0.2, -0.15) is 0 Å². The van der Waals surface area contributed by atoms with Crippen LogP contribution < -0.4 is 5.32 Å². The van der Waals surface area contributed by atoms with Crippen molar-refractivity contribution in [2.75, 3.05) is 13.2 Å². The van der Waals surface area contributed by atoms with Crippen LogP contribution in [0, 0.1) is 5.41 Å². The van der Waals surface area contributed by atoms with Crippen molar-refractivity contribution in [2.45, 2.75) is 51.5 Å². The van der Waals surface area contributed by atoms with E-state index in [-0.39, 0.29) is 11.4 Å². The molecule has 1 aliphatic heterocycles. The van der Waals surface area contributed by atoms with Crippen LogP contribution in [0.15, 0.2) is 0 Å². The number of hydrogen-bond donors (Lipinski definition) is 1. The SMILES string of the molecule is CCOC(=O)C1(C2CCCCCN2)CC1. The van der Waals surface area contributed by atoms with E-state index in [1.165, 1.54) is 19.3 Å². The van der Waals surface area contributed by atoms with E-state index in [1.807, 2.05) is 6.92 Å². The molecule has 0 spiro atoms. The molecular formula is C12H21NO2. The second-order valence-electron chi connectivity index (χ2n) is 4.73. The molecule has 2 aliphatic rings. The van der Waals surface area contributed by atoms with Crippen LogP contribution in [0.5, 0.6) is 0 Å². The fraction of sp³-hybridized carbons (Fsp3) is 0.917. The zero-order chi connectivity index (χ0) is 10.7. The minimum absolute atomic E-state index is 0.0319. The Bertz CT molecular complexity index is 228. The third-order valence-corrected chi connectivity index (χ3v) is 3.70. The van der Waals surface area contributed by atoms with E-state index in [4.69, 9.17) is 4.74 Å². The Morgan fingerprint density at radius 3 is 2.87 bits per heavy atom. The lowest BCUT2D eigenvalue weighted by atomic mass is 9.92. The van der Waals surface area contributed by atoms with E-state index in [2.05, 4.69) is 5.32 Å². The lowest BCUT2D eigenvalue weighted by molar-refractivity contribution is -0.151. The van der Waals surface area contributed by atoms with Crippen LogP contribution in [-0.2, 0) is 9.53 Å². The Morgan fingerprint density at radius 2 is 2.20 bits per heavy atom. The molecular weight excluding hydrogens is 190 g/mol. The molecule has 3 nitrogen and oxygen atoms in total. The van der Waals surface area contributed by atoms with Gasteiger partial charge in [-0.15, -0.1) is 0 Å². The minimum atomic E-state index is -0.152. The van der Waals surface area contributed by atoms with Crippen molar-refractivity contribution >= 4 is 5.97 Å². The highest BCUT2D eigenvalue weighted by Gasteiger charge is 2.56. The van der Waals surface area contributed by atoms with Gasteiger partial charge >= 0.3 is 5.97 Å². The number of hydrogen-bond acceptors (Lipinski definition) is 3. The van der Waals surface area contributed by atoms with Gasteiger partial charge in [-0.3, -0.25) is 4.79 Å². The van der Waals surface area contributed by atoms with Gasteiger partial charge in [0.2, 0.25) is 0 Å². The molecule has 1 heterocycles. The quantitative estimate of drug-likeness (QED) is 0.724. The number of carbonyl (C=O) groups is 1. The summed E-state index contributed by atoms with van der Waals surface area (Å²) in [4.78, 5) is 11.9. The lowest BCUT2D eigenvalue weighted by Gasteiger charge is -2.24. The first-order chi connectivity index (χ1) is 7.29. The van der Waals surface area contributed by atoms with Gasteiger partial charge in [0, 0.05) is 6.04 Å². The molecule has 1 aliphatic carbocycles. The highest BCUT2D eigenvalue weighted by atomic mass is 16.5. The van der Waals surface area contributed by atoms with E-state index < -0.39 is 0 Å². The maximum Gasteiger partial charge on any atom is 0.313 e. The largest absolute Gasteiger partial charge is 0.466 e. The van der Waals surface area contributed by atoms with Gasteiger partial charge in [-0.05, 0) is 39.2 Å². The normalized spacial score (nSPS) is 29.3. The van der Waals surface area contributed by atoms with Crippen LogP contribution in [0.2, 0.25) is 0 Å². The van der Waals surface area contributed by atoms with Gasteiger partial charge < -0.3 is 10.1 Å². The van der Waals surface area contributed by atoms with Crippen LogP contribution in [0.3, 0.4) is 0 Å². The van der Waals surface area contributed by atoms with Crippen molar-refractivity contribution in [3.63, 3.8) is 0 Å². The van der Waals surface area contributed by atoms with Crippen molar-refractivity contribution < 1.29 is 9.53 Å². The fourth-order valence-corrected chi connectivity index (χ4v) is 2.60. The van der Waals surface area contributed by atoms with E-state index in [0.29, 0.717) is 12.6 Å². The Morgan fingerprint density at radius 1 is 1.40 bits per heavy atom. The average Bonchev–Trinajstić information content (AvgIpc) is 3.04. The Kier molecular flexibility index (Phi) is 3.29. The second kappa shape index (κ2) is 4.52. The van der Waals surface area contributed by atoms with Gasteiger partial charge in [0.1, 0.15) is 0 Å². The van der Waals surface area contributed by atoms with Gasteiger partial charge in [-0.25, -0.2) is 0 Å². The molecule has 1 N–H and O–H groups in total. The van der Waals surface area contributed by atoms with Crippen molar-refractivity contribution in [1.82, 2.24) is 5.32 Å². The molecule has 0 aromatic heterocycles. The highest BCUT2D eigenvalue weighted by molar-refractivity contribution is 5.80. The molecule has 1 saturated carbocycles. The number of ether oxygens (including phenoxy) is 1. The van der Waals surface area contributed by atoms with E-state index in [0.717, 1.165) is 25.8 Å². The predicted molar refractivity (Wildman–Crippen MR) is 58.6 cm³/mol. The maximum absolute atomic E-state index is 11.9. The third-order valence-electron chi connectivity index (χ3n) is 3.70. The van der Waals surface area contributed by atoms with Crippen LogP contribution >= 0.6 is 0 Å². The second-order valence-corrected chi connectivity index (χ2v) is 4.73. The van der Waals surface area contributed by atoms with Crippen LogP contribution in [-0.4, -0.2) is 25.2 Å². The zero-order valence-electron chi connectivity index (χ0n) is 9.55. The van der Waals surface area contributed by atoms with Crippen molar-refractivity contribution in [3.8, 4) is 0 Å². The molecule has 15 heavy (non-hydrogen) atoms. The van der Waals surface area contributed by atoms with Crippen LogP contribution in [0.1, 0.15) is 45.4 Å². The smallest absolute Gasteiger partial charge is 0.313 e. The predicted octanol–water partition coefficient (Wildman–Crippen LogP) is 1.86. The molecule has 0 radical (unpaired) electrons. The van der Waals surface area contributed by atoms with Gasteiger partial charge in [0.25, 0.3) is 0 Å². The molecule has 0 bridgehead atoms. The Balaban J connectivity index is 1.97. The average molecular weight is 211 g/mol. The summed E-state index contributed by atoms with van der Waals surface area (Å²) in [5.41, 5.74) is -0.152. The molecule has 0 aromatic rings. The first-order valence-electron chi connectivity index (χ1n) is 6.20. The van der Waals surface area contributed by atoms with E-state index in [9.17, 15) is 4.79 Å². The number of rotatable bonds is 3. The molecule has 1 atom stereocenters. The molecule has 1 saturated heterocycles. The Labute approximate surface area is 91.6 Å². The summed E-state index contributed by atoms with van der Waals surface area (Å²) in [5, 5.41) is 3.52. The summed E-state index contributed by atoms with van der Waals surface area (Å²) >= 11 is 0.